The topological polar surface area (TPSA) is 50.7 Å². The maximum absolute atomic E-state index is 13.4. The molecule has 0 unspecified atom stereocenters. The maximum atomic E-state index is 13.4. The van der Waals surface area contributed by atoms with E-state index in [0.717, 1.165) is 33.3 Å². The number of hydrogen-bond acceptors (Lipinski definition) is 5. The number of nitrogens with one attached hydrogen (secondary N) is 1. The van der Waals surface area contributed by atoms with Gasteiger partial charge in [0.15, 0.2) is 11.6 Å². The molecule has 0 atom stereocenters. The Morgan fingerprint density at radius 3 is 2.52 bits per heavy atom. The van der Waals surface area contributed by atoms with E-state index in [-0.39, 0.29) is 0 Å². The standard InChI is InChI=1S/C20H14F2N4S/c1-12-18(27-19(24-12)13-5-3-2-4-6-13)17-9-10-23-20(26-17)25-14-7-8-15(21)16(22)11-14/h2-11H,1H3,(H,23,25,26). The maximum Gasteiger partial charge on any atom is 0.227 e. The van der Waals surface area contributed by atoms with Crippen molar-refractivity contribution >= 4 is 23.0 Å². The lowest BCUT2D eigenvalue weighted by atomic mass is 10.2. The second kappa shape index (κ2) is 7.20. The first-order chi connectivity index (χ1) is 13.1. The van der Waals surface area contributed by atoms with Crippen molar-refractivity contribution in [1.29, 1.82) is 0 Å². The summed E-state index contributed by atoms with van der Waals surface area (Å²) in [5.74, 6) is -1.53. The first kappa shape index (κ1) is 17.2. The Bertz CT molecular complexity index is 1100. The molecule has 27 heavy (non-hydrogen) atoms. The summed E-state index contributed by atoms with van der Waals surface area (Å²) < 4.78 is 26.5. The van der Waals surface area contributed by atoms with Gasteiger partial charge in [-0.3, -0.25) is 0 Å². The van der Waals surface area contributed by atoms with E-state index in [4.69, 9.17) is 0 Å². The normalized spacial score (nSPS) is 10.8. The van der Waals surface area contributed by atoms with Crippen molar-refractivity contribution in [2.24, 2.45) is 0 Å². The van der Waals surface area contributed by atoms with Crippen LogP contribution in [0, 0.1) is 18.6 Å². The Labute approximate surface area is 158 Å². The van der Waals surface area contributed by atoms with Crippen molar-refractivity contribution in [3.8, 4) is 21.1 Å². The zero-order valence-corrected chi connectivity index (χ0v) is 15.1. The lowest BCUT2D eigenvalue weighted by Crippen LogP contribution is -1.98. The third-order valence-corrected chi connectivity index (χ3v) is 5.11. The highest BCUT2D eigenvalue weighted by molar-refractivity contribution is 7.18. The second-order valence-corrected chi connectivity index (χ2v) is 6.82. The lowest BCUT2D eigenvalue weighted by molar-refractivity contribution is 0.509. The van der Waals surface area contributed by atoms with E-state index in [1.54, 1.807) is 23.6 Å². The number of nitrogens with zero attached hydrogens (tertiary/aromatic N) is 3. The number of hydrogen-bond donors (Lipinski definition) is 1. The number of aromatic nitrogens is 3. The average molecular weight is 380 g/mol. The Morgan fingerprint density at radius 2 is 1.74 bits per heavy atom. The SMILES string of the molecule is Cc1nc(-c2ccccc2)sc1-c1ccnc(Nc2ccc(F)c(F)c2)n1. The van der Waals surface area contributed by atoms with Gasteiger partial charge in [0.2, 0.25) is 5.95 Å². The molecular formula is C20H14F2N4S. The fraction of sp³-hybridized carbons (Fsp3) is 0.0500. The van der Waals surface area contributed by atoms with Crippen molar-refractivity contribution in [3.05, 3.63) is 78.1 Å². The van der Waals surface area contributed by atoms with E-state index in [2.05, 4.69) is 20.3 Å². The van der Waals surface area contributed by atoms with Crippen LogP contribution in [0.5, 0.6) is 0 Å². The minimum absolute atomic E-state index is 0.299. The van der Waals surface area contributed by atoms with Crippen LogP contribution in [0.1, 0.15) is 5.69 Å². The summed E-state index contributed by atoms with van der Waals surface area (Å²) in [6.45, 7) is 1.93. The van der Waals surface area contributed by atoms with Crippen molar-refractivity contribution in [2.75, 3.05) is 5.32 Å². The van der Waals surface area contributed by atoms with E-state index in [1.165, 1.54) is 6.07 Å². The Balaban J connectivity index is 1.64. The third-order valence-electron chi connectivity index (χ3n) is 3.88. The fourth-order valence-corrected chi connectivity index (χ4v) is 3.63. The summed E-state index contributed by atoms with van der Waals surface area (Å²) in [5.41, 5.74) is 3.01. The van der Waals surface area contributed by atoms with Crippen molar-refractivity contribution < 1.29 is 8.78 Å². The lowest BCUT2D eigenvalue weighted by Gasteiger charge is -2.06. The molecule has 4 rings (SSSR count). The summed E-state index contributed by atoms with van der Waals surface area (Å²) in [7, 11) is 0. The van der Waals surface area contributed by atoms with Gasteiger partial charge >= 0.3 is 0 Å². The minimum atomic E-state index is -0.929. The van der Waals surface area contributed by atoms with Gasteiger partial charge in [-0.2, -0.15) is 0 Å². The van der Waals surface area contributed by atoms with E-state index >= 15 is 0 Å². The van der Waals surface area contributed by atoms with E-state index < -0.39 is 11.6 Å². The first-order valence-electron chi connectivity index (χ1n) is 8.18. The highest BCUT2D eigenvalue weighted by Crippen LogP contribution is 2.34. The average Bonchev–Trinajstić information content (AvgIpc) is 3.07. The van der Waals surface area contributed by atoms with E-state index in [0.29, 0.717) is 17.3 Å². The number of benzene rings is 2. The molecule has 0 spiro atoms. The summed E-state index contributed by atoms with van der Waals surface area (Å²) in [6, 6.07) is 15.3. The molecule has 0 bridgehead atoms. The van der Waals surface area contributed by atoms with Crippen LogP contribution in [0.15, 0.2) is 60.8 Å². The van der Waals surface area contributed by atoms with Gasteiger partial charge in [-0.05, 0) is 25.1 Å². The Kier molecular flexibility index (Phi) is 4.60. The van der Waals surface area contributed by atoms with Gasteiger partial charge < -0.3 is 5.32 Å². The smallest absolute Gasteiger partial charge is 0.227 e. The highest BCUT2D eigenvalue weighted by atomic mass is 32.1. The largest absolute Gasteiger partial charge is 0.324 e. The van der Waals surface area contributed by atoms with Crippen LogP contribution in [-0.2, 0) is 0 Å². The number of anilines is 2. The molecule has 4 nitrogen and oxygen atoms in total. The van der Waals surface area contributed by atoms with Gasteiger partial charge in [0, 0.05) is 23.5 Å². The molecule has 0 aliphatic rings. The third kappa shape index (κ3) is 3.68. The molecule has 0 amide bonds. The highest BCUT2D eigenvalue weighted by Gasteiger charge is 2.13. The van der Waals surface area contributed by atoms with Crippen molar-refractivity contribution in [1.82, 2.24) is 15.0 Å². The van der Waals surface area contributed by atoms with Crippen LogP contribution in [0.4, 0.5) is 20.4 Å². The number of halogens is 2. The second-order valence-electron chi connectivity index (χ2n) is 5.82. The van der Waals surface area contributed by atoms with E-state index in [1.807, 2.05) is 37.3 Å². The number of thiazole rings is 1. The molecule has 134 valence electrons. The van der Waals surface area contributed by atoms with Gasteiger partial charge in [0.05, 0.1) is 16.3 Å². The van der Waals surface area contributed by atoms with Gasteiger partial charge in [-0.15, -0.1) is 11.3 Å². The molecule has 2 aromatic heterocycles. The van der Waals surface area contributed by atoms with Crippen LogP contribution in [0.2, 0.25) is 0 Å². The fourth-order valence-electron chi connectivity index (χ4n) is 2.59. The molecule has 2 aromatic carbocycles. The molecule has 4 aromatic rings. The molecular weight excluding hydrogens is 366 g/mol. The van der Waals surface area contributed by atoms with Crippen LogP contribution in [0.3, 0.4) is 0 Å². The molecule has 7 heteroatoms. The molecule has 0 radical (unpaired) electrons. The Hall–Kier alpha value is -3.19. The predicted octanol–water partition coefficient (Wildman–Crippen LogP) is 5.60. The van der Waals surface area contributed by atoms with Crippen molar-refractivity contribution in [2.45, 2.75) is 6.92 Å². The van der Waals surface area contributed by atoms with Gasteiger partial charge in [-0.1, -0.05) is 30.3 Å². The Morgan fingerprint density at radius 1 is 0.926 bits per heavy atom. The van der Waals surface area contributed by atoms with Crippen LogP contribution in [0.25, 0.3) is 21.1 Å². The van der Waals surface area contributed by atoms with Gasteiger partial charge in [-0.25, -0.2) is 23.7 Å². The molecule has 2 heterocycles. The quantitative estimate of drug-likeness (QED) is 0.501. The minimum Gasteiger partial charge on any atom is -0.324 e. The van der Waals surface area contributed by atoms with Crippen LogP contribution >= 0.6 is 11.3 Å². The van der Waals surface area contributed by atoms with Crippen LogP contribution < -0.4 is 5.32 Å². The molecule has 0 saturated carbocycles. The zero-order valence-electron chi connectivity index (χ0n) is 14.3. The first-order valence-corrected chi connectivity index (χ1v) is 9.00. The van der Waals surface area contributed by atoms with E-state index in [9.17, 15) is 8.78 Å². The summed E-state index contributed by atoms with van der Waals surface area (Å²) >= 11 is 1.55. The number of rotatable bonds is 4. The molecule has 0 aliphatic carbocycles. The molecule has 0 fully saturated rings. The molecule has 1 N–H and O–H groups in total. The number of aryl methyl sites for hydroxylation is 1. The summed E-state index contributed by atoms with van der Waals surface area (Å²) in [4.78, 5) is 14.2. The molecule has 0 saturated heterocycles. The summed E-state index contributed by atoms with van der Waals surface area (Å²) in [6.07, 6.45) is 1.62. The molecule has 0 aliphatic heterocycles. The predicted molar refractivity (Wildman–Crippen MR) is 103 cm³/mol. The van der Waals surface area contributed by atoms with Gasteiger partial charge in [0.1, 0.15) is 5.01 Å². The summed E-state index contributed by atoms with van der Waals surface area (Å²) in [5, 5.41) is 3.81. The van der Waals surface area contributed by atoms with Crippen LogP contribution in [-0.4, -0.2) is 15.0 Å². The van der Waals surface area contributed by atoms with Gasteiger partial charge in [0.25, 0.3) is 0 Å². The zero-order chi connectivity index (χ0) is 18.8. The van der Waals surface area contributed by atoms with Crippen molar-refractivity contribution in [3.63, 3.8) is 0 Å². The monoisotopic (exact) mass is 380 g/mol.